The summed E-state index contributed by atoms with van der Waals surface area (Å²) in [5, 5.41) is 2.30. The number of benzene rings is 1. The molecule has 1 aromatic rings. The van der Waals surface area contributed by atoms with Crippen molar-refractivity contribution in [2.24, 2.45) is 0 Å². The summed E-state index contributed by atoms with van der Waals surface area (Å²) in [6, 6.07) is 6.04. The van der Waals surface area contributed by atoms with Crippen LogP contribution in [-0.4, -0.2) is 11.8 Å². The third-order valence-electron chi connectivity index (χ3n) is 3.41. The molecule has 0 atom stereocenters. The summed E-state index contributed by atoms with van der Waals surface area (Å²) in [5.74, 6) is -0.827. The van der Waals surface area contributed by atoms with Gasteiger partial charge >= 0.3 is 0 Å². The first kappa shape index (κ1) is 11.8. The zero-order chi connectivity index (χ0) is 12.5. The lowest BCUT2D eigenvalue weighted by Crippen LogP contribution is -2.46. The van der Waals surface area contributed by atoms with Gasteiger partial charge in [-0.15, -0.1) is 0 Å². The van der Waals surface area contributed by atoms with E-state index in [4.69, 9.17) is 0 Å². The molecule has 1 aromatic carbocycles. The molecule has 0 aromatic heterocycles. The number of hydrogen-bond acceptors (Lipinski definition) is 2. The highest BCUT2D eigenvalue weighted by atomic mass is 19.1. The summed E-state index contributed by atoms with van der Waals surface area (Å²) in [5.41, 5.74) is 0.372. The number of piperidine rings is 1. The lowest BCUT2D eigenvalue weighted by atomic mass is 9.71. The molecule has 1 fully saturated rings. The number of amides is 2. The normalized spacial score (nSPS) is 18.9. The van der Waals surface area contributed by atoms with Crippen molar-refractivity contribution < 1.29 is 14.0 Å². The molecule has 1 aliphatic heterocycles. The van der Waals surface area contributed by atoms with Gasteiger partial charge in [0.25, 0.3) is 0 Å². The monoisotopic (exact) mass is 235 g/mol. The molecule has 90 valence electrons. The van der Waals surface area contributed by atoms with E-state index < -0.39 is 5.41 Å². The fourth-order valence-corrected chi connectivity index (χ4v) is 2.38. The van der Waals surface area contributed by atoms with E-state index in [0.717, 1.165) is 5.56 Å². The quantitative estimate of drug-likeness (QED) is 0.796. The van der Waals surface area contributed by atoms with Crippen molar-refractivity contribution in [3.05, 3.63) is 35.6 Å². The molecule has 1 aliphatic rings. The van der Waals surface area contributed by atoms with Gasteiger partial charge in [0.2, 0.25) is 11.8 Å². The summed E-state index contributed by atoms with van der Waals surface area (Å²) in [4.78, 5) is 23.0. The van der Waals surface area contributed by atoms with E-state index in [1.807, 2.05) is 6.92 Å². The molecule has 0 radical (unpaired) electrons. The van der Waals surface area contributed by atoms with Gasteiger partial charge in [-0.3, -0.25) is 14.9 Å². The molecule has 1 heterocycles. The first-order valence-corrected chi connectivity index (χ1v) is 5.64. The molecule has 4 heteroatoms. The van der Waals surface area contributed by atoms with Crippen LogP contribution in [0, 0.1) is 5.82 Å². The zero-order valence-electron chi connectivity index (χ0n) is 9.63. The summed E-state index contributed by atoms with van der Waals surface area (Å²) >= 11 is 0. The predicted molar refractivity (Wildman–Crippen MR) is 60.8 cm³/mol. The molecule has 17 heavy (non-hydrogen) atoms. The van der Waals surface area contributed by atoms with Crippen molar-refractivity contribution in [2.75, 3.05) is 0 Å². The van der Waals surface area contributed by atoms with Crippen LogP contribution in [0.4, 0.5) is 4.39 Å². The average molecular weight is 235 g/mol. The Morgan fingerprint density at radius 3 is 2.18 bits per heavy atom. The molecule has 1 saturated heterocycles. The highest BCUT2D eigenvalue weighted by Gasteiger charge is 2.39. The third kappa shape index (κ3) is 2.20. The fraction of sp³-hybridized carbons (Fsp3) is 0.385. The Morgan fingerprint density at radius 1 is 1.18 bits per heavy atom. The van der Waals surface area contributed by atoms with Crippen molar-refractivity contribution in [3.63, 3.8) is 0 Å². The Kier molecular flexibility index (Phi) is 2.96. The minimum absolute atomic E-state index is 0.257. The molecule has 0 spiro atoms. The van der Waals surface area contributed by atoms with Crippen LogP contribution in [0.1, 0.15) is 31.7 Å². The molecule has 3 nitrogen and oxygen atoms in total. The van der Waals surface area contributed by atoms with Crippen molar-refractivity contribution in [3.8, 4) is 0 Å². The maximum atomic E-state index is 12.9. The van der Waals surface area contributed by atoms with Crippen LogP contribution in [0.3, 0.4) is 0 Å². The van der Waals surface area contributed by atoms with E-state index in [2.05, 4.69) is 5.32 Å². The minimum Gasteiger partial charge on any atom is -0.296 e. The van der Waals surface area contributed by atoms with Crippen LogP contribution in [0.25, 0.3) is 0 Å². The minimum atomic E-state index is -0.479. The molecular weight excluding hydrogens is 221 g/mol. The van der Waals surface area contributed by atoms with Crippen LogP contribution >= 0.6 is 0 Å². The first-order chi connectivity index (χ1) is 8.05. The van der Waals surface area contributed by atoms with Crippen LogP contribution in [0.2, 0.25) is 0 Å². The summed E-state index contributed by atoms with van der Waals surface area (Å²) in [6.07, 6.45) is 1.24. The van der Waals surface area contributed by atoms with Crippen LogP contribution in [0.5, 0.6) is 0 Å². The predicted octanol–water partition coefficient (Wildman–Crippen LogP) is 1.91. The number of hydrogen-bond donors (Lipinski definition) is 1. The lowest BCUT2D eigenvalue weighted by molar-refractivity contribution is -0.135. The van der Waals surface area contributed by atoms with Crippen molar-refractivity contribution in [2.45, 2.75) is 31.6 Å². The Labute approximate surface area is 99.0 Å². The highest BCUT2D eigenvalue weighted by molar-refractivity contribution is 5.99. The summed E-state index contributed by atoms with van der Waals surface area (Å²) < 4.78 is 12.9. The van der Waals surface area contributed by atoms with Gasteiger partial charge in [0, 0.05) is 18.3 Å². The fourth-order valence-electron chi connectivity index (χ4n) is 2.38. The van der Waals surface area contributed by atoms with Crippen LogP contribution < -0.4 is 5.32 Å². The number of nitrogens with one attached hydrogen (secondary N) is 1. The second kappa shape index (κ2) is 4.28. The van der Waals surface area contributed by atoms with Crippen molar-refractivity contribution in [1.82, 2.24) is 5.32 Å². The van der Waals surface area contributed by atoms with Gasteiger partial charge in [0.05, 0.1) is 0 Å². The molecule has 0 saturated carbocycles. The smallest absolute Gasteiger partial charge is 0.227 e. The standard InChI is InChI=1S/C13H14FNO2/c1-2-13(7-11(16)15-12(17)8-13)9-3-5-10(14)6-4-9/h3-6H,2,7-8H2,1H3,(H,15,16,17). The maximum Gasteiger partial charge on any atom is 0.227 e. The number of rotatable bonds is 2. The summed E-state index contributed by atoms with van der Waals surface area (Å²) in [6.45, 7) is 1.94. The van der Waals surface area contributed by atoms with Gasteiger partial charge in [0.15, 0.2) is 0 Å². The van der Waals surface area contributed by atoms with Crippen molar-refractivity contribution >= 4 is 11.8 Å². The SMILES string of the molecule is CCC1(c2ccc(F)cc2)CC(=O)NC(=O)C1. The molecule has 2 rings (SSSR count). The topological polar surface area (TPSA) is 46.2 Å². The van der Waals surface area contributed by atoms with Gasteiger partial charge in [-0.05, 0) is 24.1 Å². The van der Waals surface area contributed by atoms with Crippen molar-refractivity contribution in [1.29, 1.82) is 0 Å². The van der Waals surface area contributed by atoms with E-state index in [9.17, 15) is 14.0 Å². The van der Waals surface area contributed by atoms with Crippen LogP contribution in [-0.2, 0) is 15.0 Å². The Balaban J connectivity index is 2.39. The maximum absolute atomic E-state index is 12.9. The number of carbonyl (C=O) groups excluding carboxylic acids is 2. The lowest BCUT2D eigenvalue weighted by Gasteiger charge is -2.35. The van der Waals surface area contributed by atoms with Gasteiger partial charge in [-0.25, -0.2) is 4.39 Å². The number of imide groups is 1. The van der Waals surface area contributed by atoms with E-state index in [0.29, 0.717) is 6.42 Å². The number of halogens is 1. The molecule has 0 bridgehead atoms. The number of carbonyl (C=O) groups is 2. The molecule has 1 N–H and O–H groups in total. The Bertz CT molecular complexity index is 437. The van der Waals surface area contributed by atoms with E-state index in [1.165, 1.54) is 12.1 Å². The van der Waals surface area contributed by atoms with Gasteiger partial charge in [0.1, 0.15) is 5.82 Å². The molecule has 0 unspecified atom stereocenters. The Morgan fingerprint density at radius 2 is 1.71 bits per heavy atom. The molecular formula is C13H14FNO2. The van der Waals surface area contributed by atoms with Gasteiger partial charge in [-0.1, -0.05) is 19.1 Å². The highest BCUT2D eigenvalue weighted by Crippen LogP contribution is 2.37. The first-order valence-electron chi connectivity index (χ1n) is 5.64. The largest absolute Gasteiger partial charge is 0.296 e. The van der Waals surface area contributed by atoms with Gasteiger partial charge in [-0.2, -0.15) is 0 Å². The van der Waals surface area contributed by atoms with Crippen LogP contribution in [0.15, 0.2) is 24.3 Å². The van der Waals surface area contributed by atoms with Gasteiger partial charge < -0.3 is 0 Å². The molecule has 2 amide bonds. The third-order valence-corrected chi connectivity index (χ3v) is 3.41. The zero-order valence-corrected chi connectivity index (χ0v) is 9.63. The second-order valence-electron chi connectivity index (χ2n) is 4.47. The van der Waals surface area contributed by atoms with E-state index in [1.54, 1.807) is 12.1 Å². The second-order valence-corrected chi connectivity index (χ2v) is 4.47. The van der Waals surface area contributed by atoms with E-state index in [-0.39, 0.29) is 30.5 Å². The molecule has 0 aliphatic carbocycles. The summed E-state index contributed by atoms with van der Waals surface area (Å²) in [7, 11) is 0. The average Bonchev–Trinajstić information content (AvgIpc) is 2.28. The Hall–Kier alpha value is -1.71. The van der Waals surface area contributed by atoms with E-state index >= 15 is 0 Å².